The van der Waals surface area contributed by atoms with Gasteiger partial charge in [-0.15, -0.1) is 0 Å². The van der Waals surface area contributed by atoms with Gasteiger partial charge in [-0.25, -0.2) is 0 Å². The average Bonchev–Trinajstić information content (AvgIpc) is 1.82. The van der Waals surface area contributed by atoms with Gasteiger partial charge in [0.2, 0.25) is 0 Å². The first kappa shape index (κ1) is 8.84. The monoisotopic (exact) mass is 146 g/mol. The summed E-state index contributed by atoms with van der Waals surface area (Å²) in [4.78, 5) is 0. The van der Waals surface area contributed by atoms with E-state index in [2.05, 4.69) is 0 Å². The van der Waals surface area contributed by atoms with Crippen LogP contribution in [0.3, 0.4) is 0 Å². The molecule has 0 aliphatic heterocycles. The number of rotatable bonds is 3. The Balaban J connectivity index is 3.29. The van der Waals surface area contributed by atoms with Crippen LogP contribution < -0.4 is 0 Å². The maximum Gasteiger partial charge on any atom is 0.139 e. The van der Waals surface area contributed by atoms with Gasteiger partial charge in [-0.3, -0.25) is 4.67 Å². The highest BCUT2D eigenvalue weighted by atomic mass is 31.2. The van der Waals surface area contributed by atoms with Gasteiger partial charge in [0.25, 0.3) is 0 Å². The molecule has 1 unspecified atom stereocenters. The molecule has 0 heterocycles. The summed E-state index contributed by atoms with van der Waals surface area (Å²) in [6.45, 7) is 2.16. The van der Waals surface area contributed by atoms with Crippen LogP contribution in [0.25, 0.3) is 0 Å². The number of nitriles is 1. The summed E-state index contributed by atoms with van der Waals surface area (Å²) in [5.41, 5.74) is 0. The van der Waals surface area contributed by atoms with Gasteiger partial charge in [0.1, 0.15) is 14.9 Å². The third kappa shape index (κ3) is 4.35. The molecule has 0 aromatic heterocycles. The van der Waals surface area contributed by atoms with Crippen LogP contribution in [0.1, 0.15) is 0 Å². The van der Waals surface area contributed by atoms with Crippen LogP contribution in [-0.4, -0.2) is 32.0 Å². The van der Waals surface area contributed by atoms with Crippen molar-refractivity contribution >= 4 is 8.30 Å². The van der Waals surface area contributed by atoms with Crippen LogP contribution >= 0.6 is 8.30 Å². The Morgan fingerprint density at radius 1 is 1.67 bits per heavy atom. The van der Waals surface area contributed by atoms with E-state index < -0.39 is 8.30 Å². The van der Waals surface area contributed by atoms with Crippen molar-refractivity contribution in [3.8, 4) is 6.07 Å². The van der Waals surface area contributed by atoms with Gasteiger partial charge in [0.15, 0.2) is 0 Å². The van der Waals surface area contributed by atoms with Crippen LogP contribution in [0, 0.1) is 11.3 Å². The SMILES string of the molecule is CN(C)P(C)OCC#N. The van der Waals surface area contributed by atoms with Crippen LogP contribution in [0.2, 0.25) is 0 Å². The Hall–Kier alpha value is -0.160. The van der Waals surface area contributed by atoms with Crippen molar-refractivity contribution < 1.29 is 4.52 Å². The summed E-state index contributed by atoms with van der Waals surface area (Å²) in [6, 6.07) is 1.92. The van der Waals surface area contributed by atoms with Crippen molar-refractivity contribution in [1.29, 1.82) is 5.26 Å². The molecule has 0 fully saturated rings. The standard InChI is InChI=1S/C5H11N2OP/c1-7(2)9(3)8-5-4-6/h5H2,1-3H3. The van der Waals surface area contributed by atoms with Crippen molar-refractivity contribution in [3.63, 3.8) is 0 Å². The van der Waals surface area contributed by atoms with E-state index in [0.29, 0.717) is 0 Å². The quantitative estimate of drug-likeness (QED) is 0.558. The number of nitrogens with zero attached hydrogens (tertiary/aromatic N) is 2. The molecule has 0 rings (SSSR count). The van der Waals surface area contributed by atoms with Crippen LogP contribution in [-0.2, 0) is 4.52 Å². The minimum absolute atomic E-state index is 0.195. The Kier molecular flexibility index (Phi) is 4.61. The molecule has 9 heavy (non-hydrogen) atoms. The highest BCUT2D eigenvalue weighted by Gasteiger charge is 2.01. The Bertz CT molecular complexity index is 110. The second-order valence-electron chi connectivity index (χ2n) is 1.74. The maximum absolute atomic E-state index is 8.11. The molecular weight excluding hydrogens is 135 g/mol. The molecule has 0 bridgehead atoms. The van der Waals surface area contributed by atoms with Gasteiger partial charge in [-0.05, 0) is 20.8 Å². The molecular formula is C5H11N2OP. The van der Waals surface area contributed by atoms with Gasteiger partial charge in [0.05, 0.1) is 6.07 Å². The van der Waals surface area contributed by atoms with Crippen molar-refractivity contribution in [3.05, 3.63) is 0 Å². The molecule has 0 aliphatic carbocycles. The van der Waals surface area contributed by atoms with Crippen molar-refractivity contribution in [2.45, 2.75) is 0 Å². The molecule has 0 spiro atoms. The molecule has 0 aliphatic rings. The molecule has 1 atom stereocenters. The molecule has 0 radical (unpaired) electrons. The summed E-state index contributed by atoms with van der Waals surface area (Å²) in [5.74, 6) is 0. The van der Waals surface area contributed by atoms with Crippen LogP contribution in [0.4, 0.5) is 0 Å². The molecule has 52 valence electrons. The summed E-state index contributed by atoms with van der Waals surface area (Å²) < 4.78 is 7.05. The topological polar surface area (TPSA) is 36.3 Å². The van der Waals surface area contributed by atoms with E-state index in [1.807, 2.05) is 31.5 Å². The normalized spacial score (nSPS) is 13.2. The highest BCUT2D eigenvalue weighted by molar-refractivity contribution is 7.49. The second kappa shape index (κ2) is 4.69. The minimum atomic E-state index is -0.535. The Labute approximate surface area is 57.1 Å². The van der Waals surface area contributed by atoms with E-state index in [1.165, 1.54) is 0 Å². The highest BCUT2D eigenvalue weighted by Crippen LogP contribution is 2.33. The van der Waals surface area contributed by atoms with Gasteiger partial charge < -0.3 is 4.52 Å². The van der Waals surface area contributed by atoms with Crippen molar-refractivity contribution in [1.82, 2.24) is 4.67 Å². The van der Waals surface area contributed by atoms with Crippen molar-refractivity contribution in [2.75, 3.05) is 27.4 Å². The molecule has 0 saturated carbocycles. The first-order chi connectivity index (χ1) is 4.18. The molecule has 0 amide bonds. The fourth-order valence-electron chi connectivity index (χ4n) is 0.238. The average molecular weight is 146 g/mol. The van der Waals surface area contributed by atoms with Crippen LogP contribution in [0.15, 0.2) is 0 Å². The van der Waals surface area contributed by atoms with E-state index >= 15 is 0 Å². The predicted octanol–water partition coefficient (Wildman–Crippen LogP) is 1.03. The van der Waals surface area contributed by atoms with Crippen LogP contribution in [0.5, 0.6) is 0 Å². The first-order valence-corrected chi connectivity index (χ1v) is 4.25. The summed E-state index contributed by atoms with van der Waals surface area (Å²) in [7, 11) is 3.33. The molecule has 0 saturated heterocycles. The number of hydrogen-bond acceptors (Lipinski definition) is 3. The van der Waals surface area contributed by atoms with Crippen molar-refractivity contribution in [2.24, 2.45) is 0 Å². The maximum atomic E-state index is 8.11. The molecule has 4 heteroatoms. The fraction of sp³-hybridized carbons (Fsp3) is 0.800. The predicted molar refractivity (Wildman–Crippen MR) is 38.1 cm³/mol. The van der Waals surface area contributed by atoms with E-state index in [0.717, 1.165) is 0 Å². The Morgan fingerprint density at radius 3 is 2.56 bits per heavy atom. The summed E-state index contributed by atoms with van der Waals surface area (Å²) >= 11 is 0. The van der Waals surface area contributed by atoms with E-state index in [1.54, 1.807) is 0 Å². The number of hydrogen-bond donors (Lipinski definition) is 0. The molecule has 0 N–H and O–H groups in total. The summed E-state index contributed by atoms with van der Waals surface area (Å²) in [5, 5.41) is 8.11. The zero-order valence-electron chi connectivity index (χ0n) is 5.96. The largest absolute Gasteiger partial charge is 0.329 e. The van der Waals surface area contributed by atoms with Gasteiger partial charge >= 0.3 is 0 Å². The van der Waals surface area contributed by atoms with Gasteiger partial charge in [0, 0.05) is 0 Å². The smallest absolute Gasteiger partial charge is 0.139 e. The molecule has 3 nitrogen and oxygen atoms in total. The minimum Gasteiger partial charge on any atom is -0.329 e. The third-order valence-corrected chi connectivity index (χ3v) is 2.51. The molecule has 0 aromatic carbocycles. The summed E-state index contributed by atoms with van der Waals surface area (Å²) in [6.07, 6.45) is 0. The lowest BCUT2D eigenvalue weighted by atomic mass is 10.9. The zero-order chi connectivity index (χ0) is 7.28. The van der Waals surface area contributed by atoms with E-state index in [9.17, 15) is 0 Å². The molecule has 0 aromatic rings. The lowest BCUT2D eigenvalue weighted by Crippen LogP contribution is -2.05. The third-order valence-electron chi connectivity index (χ3n) is 0.879. The second-order valence-corrected chi connectivity index (χ2v) is 3.73. The first-order valence-electron chi connectivity index (χ1n) is 2.59. The van der Waals surface area contributed by atoms with E-state index in [4.69, 9.17) is 9.79 Å². The van der Waals surface area contributed by atoms with E-state index in [-0.39, 0.29) is 6.61 Å². The van der Waals surface area contributed by atoms with Gasteiger partial charge in [-0.1, -0.05) is 0 Å². The van der Waals surface area contributed by atoms with Gasteiger partial charge in [-0.2, -0.15) is 5.26 Å². The zero-order valence-corrected chi connectivity index (χ0v) is 6.85. The fourth-order valence-corrected chi connectivity index (χ4v) is 0.713. The lowest BCUT2D eigenvalue weighted by molar-refractivity contribution is 0.380. The Morgan fingerprint density at radius 2 is 2.22 bits per heavy atom. The lowest BCUT2D eigenvalue weighted by Gasteiger charge is -2.16.